The summed E-state index contributed by atoms with van der Waals surface area (Å²) in [5.74, 6) is 0. The number of carbonyl (C=O) groups is 1. The van der Waals surface area contributed by atoms with Crippen molar-refractivity contribution in [3.8, 4) is 0 Å². The topological polar surface area (TPSA) is 69.3 Å². The largest absolute Gasteiger partial charge is 0.361 e. The van der Waals surface area contributed by atoms with E-state index < -0.39 is 0 Å². The lowest BCUT2D eigenvalue weighted by atomic mass is 10.2. The van der Waals surface area contributed by atoms with Crippen LogP contribution in [-0.2, 0) is 0 Å². The van der Waals surface area contributed by atoms with Gasteiger partial charge in [0.2, 0.25) is 0 Å². The summed E-state index contributed by atoms with van der Waals surface area (Å²) in [6.07, 6.45) is 1.87. The molecule has 0 aliphatic heterocycles. The normalized spacial score (nSPS) is 10.5. The van der Waals surface area contributed by atoms with Crippen molar-refractivity contribution in [3.05, 3.63) is 54.7 Å². The number of amides is 2. The van der Waals surface area contributed by atoms with E-state index in [0.29, 0.717) is 7.66 Å². The molecule has 0 saturated carbocycles. The van der Waals surface area contributed by atoms with E-state index in [2.05, 4.69) is 28.9 Å². The minimum atomic E-state index is -0.280. The fraction of sp³-hybridized carbons (Fsp3) is 0. The number of hydrogen-bond donors (Lipinski definition) is 3. The summed E-state index contributed by atoms with van der Waals surface area (Å²) in [5.41, 5.74) is 3.31. The van der Waals surface area contributed by atoms with Gasteiger partial charge in [0.1, 0.15) is 0 Å². The van der Waals surface area contributed by atoms with E-state index in [-0.39, 0.29) is 6.03 Å². The molecule has 0 radical (unpaired) electrons. The Morgan fingerprint density at radius 3 is 2.55 bits per heavy atom. The van der Waals surface area contributed by atoms with Gasteiger partial charge in [-0.05, 0) is 55.5 Å². The molecule has 7 heteroatoms. The molecule has 1 heterocycles. The van der Waals surface area contributed by atoms with E-state index in [0.717, 1.165) is 28.0 Å². The van der Waals surface area contributed by atoms with Crippen molar-refractivity contribution in [2.75, 3.05) is 10.6 Å². The second-order valence-electron chi connectivity index (χ2n) is 4.63. The van der Waals surface area contributed by atoms with E-state index in [1.807, 2.05) is 54.7 Å². The molecule has 3 N–H and O–H groups in total. The van der Waals surface area contributed by atoms with E-state index in [1.165, 1.54) is 0 Å². The number of urea groups is 1. The minimum Gasteiger partial charge on any atom is -0.361 e. The van der Waals surface area contributed by atoms with Crippen LogP contribution in [0.25, 0.3) is 10.9 Å². The zero-order valence-electron chi connectivity index (χ0n) is 11.6. The number of hydrogen-bond acceptors (Lipinski definition) is 2. The Bertz CT molecular complexity index is 867. The van der Waals surface area contributed by atoms with E-state index >= 15 is 0 Å². The SMILES string of the molecule is O=C(Nc1ccc(N=[PH]=P)cc1)Nc1ccc2cc[nH]c2c1. The molecule has 0 saturated heterocycles. The zero-order chi connectivity index (χ0) is 15.4. The van der Waals surface area contributed by atoms with Crippen LogP contribution in [0.4, 0.5) is 21.9 Å². The van der Waals surface area contributed by atoms with Gasteiger partial charge in [-0.15, -0.1) is 0 Å². The Morgan fingerprint density at radius 2 is 1.77 bits per heavy atom. The van der Waals surface area contributed by atoms with Crippen molar-refractivity contribution < 1.29 is 4.79 Å². The van der Waals surface area contributed by atoms with Gasteiger partial charge >= 0.3 is 6.03 Å². The van der Waals surface area contributed by atoms with Crippen LogP contribution in [0.1, 0.15) is 0 Å². The van der Waals surface area contributed by atoms with Crippen molar-refractivity contribution in [1.29, 1.82) is 0 Å². The number of nitrogens with zero attached hydrogens (tertiary/aromatic N) is 1. The first-order valence-corrected chi connectivity index (χ1v) is 9.07. The Hall–Kier alpha value is -2.35. The third kappa shape index (κ3) is 3.45. The van der Waals surface area contributed by atoms with E-state index in [4.69, 9.17) is 0 Å². The average Bonchev–Trinajstić information content (AvgIpc) is 2.97. The van der Waals surface area contributed by atoms with Gasteiger partial charge in [-0.3, -0.25) is 0 Å². The maximum Gasteiger partial charge on any atom is 0.323 e. The van der Waals surface area contributed by atoms with Crippen LogP contribution < -0.4 is 10.6 Å². The quantitative estimate of drug-likeness (QED) is 0.556. The molecule has 0 bridgehead atoms. The van der Waals surface area contributed by atoms with Gasteiger partial charge in [0, 0.05) is 23.1 Å². The van der Waals surface area contributed by atoms with Gasteiger partial charge in [0.25, 0.3) is 0 Å². The Labute approximate surface area is 130 Å². The van der Waals surface area contributed by atoms with Crippen molar-refractivity contribution in [1.82, 2.24) is 4.98 Å². The molecule has 1 aromatic heterocycles. The second-order valence-corrected chi connectivity index (χ2v) is 5.75. The number of fused-ring (bicyclic) bond motifs is 1. The highest BCUT2D eigenvalue weighted by molar-refractivity contribution is 7.68. The standard InChI is InChI=1S/C15H14N4OP2/c20-15(17-11-3-5-12(6-4-11)19-22-21)18-13-2-1-10-7-8-16-14(10)9-13/h1-9,16,21-22H,(H2,17,18,20). The maximum absolute atomic E-state index is 12.0. The van der Waals surface area contributed by atoms with Gasteiger partial charge in [0.05, 0.1) is 5.69 Å². The van der Waals surface area contributed by atoms with Crippen molar-refractivity contribution in [2.24, 2.45) is 4.74 Å². The molecule has 0 aliphatic carbocycles. The van der Waals surface area contributed by atoms with Crippen molar-refractivity contribution in [3.63, 3.8) is 0 Å². The molecule has 2 aromatic carbocycles. The molecular weight excluding hydrogens is 314 g/mol. The van der Waals surface area contributed by atoms with Crippen LogP contribution in [0.2, 0.25) is 0 Å². The molecule has 0 spiro atoms. The predicted octanol–water partition coefficient (Wildman–Crippen LogP) is 5.36. The van der Waals surface area contributed by atoms with E-state index in [1.54, 1.807) is 0 Å². The van der Waals surface area contributed by atoms with Crippen LogP contribution >= 0.6 is 16.2 Å². The molecule has 1 atom stereocenters. The third-order valence-electron chi connectivity index (χ3n) is 3.12. The summed E-state index contributed by atoms with van der Waals surface area (Å²) in [6, 6.07) is 14.8. The van der Waals surface area contributed by atoms with Crippen LogP contribution in [0, 0.1) is 0 Å². The fourth-order valence-corrected chi connectivity index (χ4v) is 2.77. The molecule has 3 rings (SSSR count). The summed E-state index contributed by atoms with van der Waals surface area (Å²) < 4.78 is 4.23. The number of H-pyrrole nitrogens is 1. The first-order valence-electron chi connectivity index (χ1n) is 6.62. The number of nitrogens with one attached hydrogen (secondary N) is 3. The average molecular weight is 328 g/mol. The monoisotopic (exact) mass is 328 g/mol. The highest BCUT2D eigenvalue weighted by Gasteiger charge is 2.04. The molecule has 3 aromatic rings. The van der Waals surface area contributed by atoms with Crippen molar-refractivity contribution in [2.45, 2.75) is 0 Å². The first-order chi connectivity index (χ1) is 10.7. The Kier molecular flexibility index (Phi) is 4.38. The summed E-state index contributed by atoms with van der Waals surface area (Å²) in [7, 11) is 3.65. The minimum absolute atomic E-state index is 0.280. The van der Waals surface area contributed by atoms with Gasteiger partial charge in [-0.1, -0.05) is 14.6 Å². The van der Waals surface area contributed by atoms with Crippen LogP contribution in [0.15, 0.2) is 59.5 Å². The summed E-state index contributed by atoms with van der Waals surface area (Å²) in [6.45, 7) is 0. The lowest BCUT2D eigenvalue weighted by Crippen LogP contribution is -2.19. The van der Waals surface area contributed by atoms with Crippen LogP contribution in [-0.4, -0.2) is 11.0 Å². The molecule has 5 nitrogen and oxygen atoms in total. The number of rotatable bonds is 3. The molecule has 22 heavy (non-hydrogen) atoms. The van der Waals surface area contributed by atoms with Gasteiger partial charge in [-0.2, -0.15) is 0 Å². The van der Waals surface area contributed by atoms with Crippen LogP contribution in [0.3, 0.4) is 0 Å². The van der Waals surface area contributed by atoms with E-state index in [9.17, 15) is 4.79 Å². The summed E-state index contributed by atoms with van der Waals surface area (Å²) in [5, 5.41) is 6.71. The number of benzene rings is 2. The Balaban J connectivity index is 1.67. The predicted molar refractivity (Wildman–Crippen MR) is 96.1 cm³/mol. The number of aromatic nitrogens is 1. The summed E-state index contributed by atoms with van der Waals surface area (Å²) >= 11 is 0. The number of aromatic amines is 1. The van der Waals surface area contributed by atoms with Gasteiger partial charge < -0.3 is 15.6 Å². The lowest BCUT2D eigenvalue weighted by Gasteiger charge is -2.08. The molecule has 0 fully saturated rings. The van der Waals surface area contributed by atoms with Crippen molar-refractivity contribution >= 4 is 50.2 Å². The highest BCUT2D eigenvalue weighted by atomic mass is 31.7. The second kappa shape index (κ2) is 6.61. The molecule has 1 unspecified atom stereocenters. The highest BCUT2D eigenvalue weighted by Crippen LogP contribution is 2.20. The number of carbonyl (C=O) groups excluding carboxylic acids is 1. The molecular formula is C15H14N4OP2. The maximum atomic E-state index is 12.0. The van der Waals surface area contributed by atoms with Gasteiger partial charge in [-0.25, -0.2) is 9.54 Å². The molecule has 110 valence electrons. The molecule has 0 aliphatic rings. The molecule has 2 amide bonds. The van der Waals surface area contributed by atoms with Crippen LogP contribution in [0.5, 0.6) is 0 Å². The zero-order valence-corrected chi connectivity index (χ0v) is 13.6. The fourth-order valence-electron chi connectivity index (χ4n) is 2.10. The summed E-state index contributed by atoms with van der Waals surface area (Å²) in [4.78, 5) is 15.1. The Morgan fingerprint density at radius 1 is 1.05 bits per heavy atom. The first kappa shape index (κ1) is 14.6. The van der Waals surface area contributed by atoms with Gasteiger partial charge in [0.15, 0.2) is 0 Å². The number of anilines is 2. The lowest BCUT2D eigenvalue weighted by molar-refractivity contribution is 0.262. The smallest absolute Gasteiger partial charge is 0.323 e. The third-order valence-corrected chi connectivity index (χ3v) is 3.83.